The molecule has 64 valence electrons. The monoisotopic (exact) mass is 228 g/mol. The molecule has 0 aromatic heterocycles. The first-order valence-corrected chi connectivity index (χ1v) is 4.59. The Bertz CT molecular complexity index is 276. The van der Waals surface area contributed by atoms with E-state index >= 15 is 0 Å². The fourth-order valence-corrected chi connectivity index (χ4v) is 1.41. The van der Waals surface area contributed by atoms with Crippen molar-refractivity contribution in [3.05, 3.63) is 23.8 Å². The average Bonchev–Trinajstić information content (AvgIpc) is 2.04. The number of allylic oxidation sites excluding steroid dienone is 4. The standard InChI is InChI=1S/C9H9BrO2/c1-6(11)9(10)7-4-2-3-5-8(7)12/h2-4,9H,5H2,1H3. The molecule has 1 aliphatic rings. The van der Waals surface area contributed by atoms with E-state index in [1.807, 2.05) is 0 Å². The lowest BCUT2D eigenvalue weighted by molar-refractivity contribution is -0.119. The second-order valence-corrected chi connectivity index (χ2v) is 3.57. The minimum atomic E-state index is -0.435. The van der Waals surface area contributed by atoms with Crippen LogP contribution in [0.4, 0.5) is 0 Å². The van der Waals surface area contributed by atoms with Gasteiger partial charge in [-0.15, -0.1) is 0 Å². The van der Waals surface area contributed by atoms with Gasteiger partial charge in [0.25, 0.3) is 0 Å². The van der Waals surface area contributed by atoms with Crippen LogP contribution in [-0.2, 0) is 9.59 Å². The van der Waals surface area contributed by atoms with Gasteiger partial charge in [0, 0.05) is 12.0 Å². The van der Waals surface area contributed by atoms with Crippen LogP contribution in [0.5, 0.6) is 0 Å². The molecule has 0 saturated carbocycles. The fraction of sp³-hybridized carbons (Fsp3) is 0.333. The van der Waals surface area contributed by atoms with E-state index in [1.54, 1.807) is 18.2 Å². The third-order valence-corrected chi connectivity index (χ3v) is 2.81. The molecule has 0 fully saturated rings. The number of ketones is 2. The van der Waals surface area contributed by atoms with E-state index < -0.39 is 4.83 Å². The molecule has 1 atom stereocenters. The van der Waals surface area contributed by atoms with Crippen LogP contribution < -0.4 is 0 Å². The van der Waals surface area contributed by atoms with Gasteiger partial charge in [0.1, 0.15) is 10.6 Å². The average molecular weight is 229 g/mol. The number of alkyl halides is 1. The zero-order chi connectivity index (χ0) is 9.14. The minimum Gasteiger partial charge on any atom is -0.298 e. The van der Waals surface area contributed by atoms with Crippen LogP contribution in [0.15, 0.2) is 23.8 Å². The molecule has 0 amide bonds. The number of Topliss-reactive ketones (excluding diaryl/α,β-unsaturated/α-hetero) is 2. The lowest BCUT2D eigenvalue weighted by atomic mass is 9.99. The van der Waals surface area contributed by atoms with Gasteiger partial charge in [-0.2, -0.15) is 0 Å². The van der Waals surface area contributed by atoms with Crippen LogP contribution in [0.2, 0.25) is 0 Å². The highest BCUT2D eigenvalue weighted by Gasteiger charge is 2.21. The van der Waals surface area contributed by atoms with Crippen molar-refractivity contribution in [3.63, 3.8) is 0 Å². The molecule has 0 N–H and O–H groups in total. The summed E-state index contributed by atoms with van der Waals surface area (Å²) in [6, 6.07) is 0. The molecule has 0 aliphatic heterocycles. The fourth-order valence-electron chi connectivity index (χ4n) is 1.00. The normalized spacial score (nSPS) is 18.8. The number of hydrogen-bond acceptors (Lipinski definition) is 2. The lowest BCUT2D eigenvalue weighted by Gasteiger charge is -2.11. The Morgan fingerprint density at radius 2 is 2.33 bits per heavy atom. The molecule has 0 saturated heterocycles. The maximum absolute atomic E-state index is 11.2. The SMILES string of the molecule is CC(=O)C(Br)C1=CC=CCC1=O. The summed E-state index contributed by atoms with van der Waals surface area (Å²) in [6.07, 6.45) is 5.67. The first kappa shape index (κ1) is 9.39. The molecule has 2 nitrogen and oxygen atoms in total. The van der Waals surface area contributed by atoms with Crippen LogP contribution in [0.3, 0.4) is 0 Å². The topological polar surface area (TPSA) is 34.1 Å². The van der Waals surface area contributed by atoms with Gasteiger partial charge >= 0.3 is 0 Å². The van der Waals surface area contributed by atoms with Gasteiger partial charge in [-0.3, -0.25) is 9.59 Å². The molecule has 0 aromatic rings. The van der Waals surface area contributed by atoms with Gasteiger partial charge < -0.3 is 0 Å². The van der Waals surface area contributed by atoms with E-state index in [2.05, 4.69) is 15.9 Å². The van der Waals surface area contributed by atoms with Crippen LogP contribution in [0.25, 0.3) is 0 Å². The maximum atomic E-state index is 11.2. The summed E-state index contributed by atoms with van der Waals surface area (Å²) in [4.78, 5) is 21.7. The molecular formula is C9H9BrO2. The summed E-state index contributed by atoms with van der Waals surface area (Å²) >= 11 is 3.17. The van der Waals surface area contributed by atoms with Crippen LogP contribution in [-0.4, -0.2) is 16.4 Å². The van der Waals surface area contributed by atoms with E-state index in [-0.39, 0.29) is 11.6 Å². The Morgan fingerprint density at radius 1 is 1.67 bits per heavy atom. The summed E-state index contributed by atoms with van der Waals surface area (Å²) in [7, 11) is 0. The Hall–Kier alpha value is -0.700. The summed E-state index contributed by atoms with van der Waals surface area (Å²) < 4.78 is 0. The minimum absolute atomic E-state index is 0.0228. The summed E-state index contributed by atoms with van der Waals surface area (Å²) in [5.41, 5.74) is 0.560. The Labute approximate surface area is 79.5 Å². The molecule has 0 aromatic carbocycles. The highest BCUT2D eigenvalue weighted by molar-refractivity contribution is 9.10. The van der Waals surface area contributed by atoms with Crippen molar-refractivity contribution < 1.29 is 9.59 Å². The molecule has 3 heteroatoms. The molecule has 1 unspecified atom stereocenters. The van der Waals surface area contributed by atoms with Crippen molar-refractivity contribution in [2.24, 2.45) is 0 Å². The largest absolute Gasteiger partial charge is 0.298 e. The van der Waals surface area contributed by atoms with E-state index in [9.17, 15) is 9.59 Å². The zero-order valence-corrected chi connectivity index (χ0v) is 8.30. The van der Waals surface area contributed by atoms with Crippen molar-refractivity contribution in [2.45, 2.75) is 18.2 Å². The van der Waals surface area contributed by atoms with Gasteiger partial charge in [-0.1, -0.05) is 34.2 Å². The molecule has 1 rings (SSSR count). The molecule has 0 radical (unpaired) electrons. The lowest BCUT2D eigenvalue weighted by Crippen LogP contribution is -2.20. The van der Waals surface area contributed by atoms with Crippen LogP contribution in [0.1, 0.15) is 13.3 Å². The van der Waals surface area contributed by atoms with E-state index in [4.69, 9.17) is 0 Å². The predicted octanol–water partition coefficient (Wildman–Crippen LogP) is 1.79. The van der Waals surface area contributed by atoms with E-state index in [1.165, 1.54) is 6.92 Å². The zero-order valence-electron chi connectivity index (χ0n) is 6.71. The van der Waals surface area contributed by atoms with Crippen molar-refractivity contribution in [2.75, 3.05) is 0 Å². The Kier molecular flexibility index (Phi) is 2.98. The van der Waals surface area contributed by atoms with Crippen molar-refractivity contribution >= 4 is 27.5 Å². The number of carbonyl (C=O) groups is 2. The first-order valence-electron chi connectivity index (χ1n) is 3.67. The maximum Gasteiger partial charge on any atom is 0.164 e. The molecule has 12 heavy (non-hydrogen) atoms. The summed E-state index contributed by atoms with van der Waals surface area (Å²) in [6.45, 7) is 1.46. The van der Waals surface area contributed by atoms with Crippen molar-refractivity contribution in [1.29, 1.82) is 0 Å². The number of rotatable bonds is 2. The third kappa shape index (κ3) is 1.91. The molecule has 1 aliphatic carbocycles. The number of hydrogen-bond donors (Lipinski definition) is 0. The van der Waals surface area contributed by atoms with Crippen molar-refractivity contribution in [1.82, 2.24) is 0 Å². The van der Waals surface area contributed by atoms with Crippen LogP contribution in [0, 0.1) is 0 Å². The number of halogens is 1. The number of carbonyl (C=O) groups excluding carboxylic acids is 2. The summed E-state index contributed by atoms with van der Waals surface area (Å²) in [5.74, 6) is -0.0144. The van der Waals surface area contributed by atoms with Gasteiger partial charge in [-0.05, 0) is 6.92 Å². The highest BCUT2D eigenvalue weighted by atomic mass is 79.9. The van der Waals surface area contributed by atoms with Gasteiger partial charge in [-0.25, -0.2) is 0 Å². The van der Waals surface area contributed by atoms with E-state index in [0.717, 1.165) is 0 Å². The van der Waals surface area contributed by atoms with Crippen molar-refractivity contribution in [3.8, 4) is 0 Å². The second kappa shape index (κ2) is 3.81. The predicted molar refractivity (Wildman–Crippen MR) is 50.2 cm³/mol. The molecule has 0 heterocycles. The molecular weight excluding hydrogens is 220 g/mol. The van der Waals surface area contributed by atoms with Gasteiger partial charge in [0.2, 0.25) is 0 Å². The van der Waals surface area contributed by atoms with Crippen LogP contribution >= 0.6 is 15.9 Å². The molecule has 0 spiro atoms. The third-order valence-electron chi connectivity index (χ3n) is 1.67. The highest BCUT2D eigenvalue weighted by Crippen LogP contribution is 2.18. The quantitative estimate of drug-likeness (QED) is 0.676. The van der Waals surface area contributed by atoms with Gasteiger partial charge in [0.15, 0.2) is 5.78 Å². The Balaban J connectivity index is 2.86. The summed E-state index contributed by atoms with van der Waals surface area (Å²) in [5, 5.41) is 0. The second-order valence-electron chi connectivity index (χ2n) is 2.65. The molecule has 0 bridgehead atoms. The van der Waals surface area contributed by atoms with E-state index in [0.29, 0.717) is 12.0 Å². The Morgan fingerprint density at radius 3 is 2.83 bits per heavy atom. The first-order chi connectivity index (χ1) is 5.63. The van der Waals surface area contributed by atoms with Gasteiger partial charge in [0.05, 0.1) is 0 Å². The smallest absolute Gasteiger partial charge is 0.164 e.